The van der Waals surface area contributed by atoms with Crippen molar-refractivity contribution in [2.24, 2.45) is 5.92 Å². The third-order valence-corrected chi connectivity index (χ3v) is 5.53. The number of aromatic nitrogens is 2. The molecule has 132 valence electrons. The Balaban J connectivity index is 1.22. The molecule has 2 aromatic rings. The van der Waals surface area contributed by atoms with E-state index in [9.17, 15) is 0 Å². The molecule has 0 N–H and O–H groups in total. The molecule has 1 aromatic carbocycles. The van der Waals surface area contributed by atoms with Crippen LogP contribution in [0, 0.1) is 12.8 Å². The van der Waals surface area contributed by atoms with Gasteiger partial charge in [-0.05, 0) is 74.7 Å². The summed E-state index contributed by atoms with van der Waals surface area (Å²) in [5.41, 5.74) is 3.85. The van der Waals surface area contributed by atoms with E-state index in [4.69, 9.17) is 4.74 Å². The van der Waals surface area contributed by atoms with Crippen LogP contribution in [0.1, 0.15) is 48.4 Å². The molecule has 1 saturated heterocycles. The Labute approximate surface area is 150 Å². The standard InChI is InChI=1S/C21H27N3O/c1-16-4-9-21(23-22-16)25-15-18-12-20(13-18)19-7-5-17(6-8-19)14-24-10-2-3-11-24/h4-9,18,20H,2-3,10-15H2,1H3/t18-,20-. The number of aryl methyl sites for hydroxylation is 1. The lowest BCUT2D eigenvalue weighted by Crippen LogP contribution is -2.27. The number of benzene rings is 1. The fourth-order valence-electron chi connectivity index (χ4n) is 3.91. The van der Waals surface area contributed by atoms with Gasteiger partial charge < -0.3 is 4.74 Å². The topological polar surface area (TPSA) is 38.2 Å². The number of hydrogen-bond acceptors (Lipinski definition) is 4. The first-order valence-corrected chi connectivity index (χ1v) is 9.50. The number of likely N-dealkylation sites (tertiary alicyclic amines) is 1. The fraction of sp³-hybridized carbons (Fsp3) is 0.524. The summed E-state index contributed by atoms with van der Waals surface area (Å²) in [4.78, 5) is 2.56. The Morgan fingerprint density at radius 1 is 1.00 bits per heavy atom. The van der Waals surface area contributed by atoms with E-state index in [1.165, 1.54) is 49.9 Å². The van der Waals surface area contributed by atoms with Crippen LogP contribution in [0.5, 0.6) is 5.88 Å². The Morgan fingerprint density at radius 2 is 1.76 bits per heavy atom. The molecule has 1 aliphatic heterocycles. The fourth-order valence-corrected chi connectivity index (χ4v) is 3.91. The molecule has 0 bridgehead atoms. The highest BCUT2D eigenvalue weighted by molar-refractivity contribution is 5.27. The van der Waals surface area contributed by atoms with Crippen LogP contribution in [0.3, 0.4) is 0 Å². The smallest absolute Gasteiger partial charge is 0.233 e. The number of hydrogen-bond donors (Lipinski definition) is 0. The molecule has 0 amide bonds. The zero-order valence-electron chi connectivity index (χ0n) is 15.0. The zero-order valence-corrected chi connectivity index (χ0v) is 15.0. The van der Waals surface area contributed by atoms with E-state index < -0.39 is 0 Å². The summed E-state index contributed by atoms with van der Waals surface area (Å²) in [6.07, 6.45) is 5.14. The van der Waals surface area contributed by atoms with E-state index >= 15 is 0 Å². The molecule has 25 heavy (non-hydrogen) atoms. The summed E-state index contributed by atoms with van der Waals surface area (Å²) in [5, 5.41) is 8.09. The van der Waals surface area contributed by atoms with Gasteiger partial charge in [0.25, 0.3) is 0 Å². The summed E-state index contributed by atoms with van der Waals surface area (Å²) in [5.74, 6) is 1.97. The maximum absolute atomic E-state index is 5.76. The quantitative estimate of drug-likeness (QED) is 0.800. The molecule has 4 nitrogen and oxygen atoms in total. The van der Waals surface area contributed by atoms with E-state index in [0.29, 0.717) is 17.7 Å². The molecule has 4 heteroatoms. The van der Waals surface area contributed by atoms with Gasteiger partial charge in [-0.15, -0.1) is 5.10 Å². The van der Waals surface area contributed by atoms with Gasteiger partial charge in [0.2, 0.25) is 5.88 Å². The molecule has 4 rings (SSSR count). The van der Waals surface area contributed by atoms with Gasteiger partial charge in [0.05, 0.1) is 12.3 Å². The molecule has 0 atom stereocenters. The number of ether oxygens (including phenoxy) is 1. The average Bonchev–Trinajstić information content (AvgIpc) is 3.09. The van der Waals surface area contributed by atoms with Crippen LogP contribution in [0.2, 0.25) is 0 Å². The molecule has 0 spiro atoms. The molecule has 2 fully saturated rings. The maximum atomic E-state index is 5.76. The van der Waals surface area contributed by atoms with Gasteiger partial charge in [-0.1, -0.05) is 24.3 Å². The summed E-state index contributed by atoms with van der Waals surface area (Å²) in [7, 11) is 0. The van der Waals surface area contributed by atoms with Gasteiger partial charge in [0.15, 0.2) is 0 Å². The van der Waals surface area contributed by atoms with Crippen molar-refractivity contribution in [3.63, 3.8) is 0 Å². The molecular formula is C21H27N3O. The SMILES string of the molecule is Cc1ccc(OC[C@H]2C[C@H](c3ccc(CN4CCCC4)cc3)C2)nn1. The van der Waals surface area contributed by atoms with Crippen LogP contribution in [0.25, 0.3) is 0 Å². The maximum Gasteiger partial charge on any atom is 0.233 e. The summed E-state index contributed by atoms with van der Waals surface area (Å²) < 4.78 is 5.76. The molecule has 0 unspecified atom stereocenters. The second-order valence-electron chi connectivity index (χ2n) is 7.58. The Bertz CT molecular complexity index is 671. The van der Waals surface area contributed by atoms with Crippen molar-refractivity contribution in [1.82, 2.24) is 15.1 Å². The first-order chi connectivity index (χ1) is 12.3. The summed E-state index contributed by atoms with van der Waals surface area (Å²) in [6.45, 7) is 6.32. The Morgan fingerprint density at radius 3 is 2.44 bits per heavy atom. The third-order valence-electron chi connectivity index (χ3n) is 5.53. The van der Waals surface area contributed by atoms with Crippen LogP contribution in [0.15, 0.2) is 36.4 Å². The van der Waals surface area contributed by atoms with Crippen molar-refractivity contribution < 1.29 is 4.74 Å². The van der Waals surface area contributed by atoms with Gasteiger partial charge in [-0.2, -0.15) is 5.10 Å². The molecule has 0 radical (unpaired) electrons. The van der Waals surface area contributed by atoms with Gasteiger partial charge >= 0.3 is 0 Å². The minimum atomic E-state index is 0.636. The van der Waals surface area contributed by atoms with Crippen molar-refractivity contribution in [2.75, 3.05) is 19.7 Å². The molecule has 1 aromatic heterocycles. The Kier molecular flexibility index (Phi) is 4.97. The van der Waals surface area contributed by atoms with Crippen LogP contribution in [0.4, 0.5) is 0 Å². The number of nitrogens with zero attached hydrogens (tertiary/aromatic N) is 3. The third kappa shape index (κ3) is 4.18. The predicted molar refractivity (Wildman–Crippen MR) is 98.7 cm³/mol. The largest absolute Gasteiger partial charge is 0.476 e. The molecule has 1 saturated carbocycles. The molecule has 2 heterocycles. The van der Waals surface area contributed by atoms with Crippen molar-refractivity contribution in [1.29, 1.82) is 0 Å². The monoisotopic (exact) mass is 337 g/mol. The van der Waals surface area contributed by atoms with Crippen LogP contribution >= 0.6 is 0 Å². The summed E-state index contributed by atoms with van der Waals surface area (Å²) in [6, 6.07) is 13.1. The molecular weight excluding hydrogens is 310 g/mol. The minimum Gasteiger partial charge on any atom is -0.476 e. The first-order valence-electron chi connectivity index (χ1n) is 9.50. The van der Waals surface area contributed by atoms with Crippen LogP contribution < -0.4 is 4.74 Å². The van der Waals surface area contributed by atoms with Crippen molar-refractivity contribution >= 4 is 0 Å². The summed E-state index contributed by atoms with van der Waals surface area (Å²) >= 11 is 0. The Hall–Kier alpha value is -1.94. The second-order valence-corrected chi connectivity index (χ2v) is 7.58. The lowest BCUT2D eigenvalue weighted by atomic mass is 9.72. The van der Waals surface area contributed by atoms with Gasteiger partial charge in [-0.25, -0.2) is 0 Å². The lowest BCUT2D eigenvalue weighted by molar-refractivity contribution is 0.153. The van der Waals surface area contributed by atoms with E-state index in [1.54, 1.807) is 0 Å². The van der Waals surface area contributed by atoms with Crippen molar-refractivity contribution in [3.05, 3.63) is 53.2 Å². The van der Waals surface area contributed by atoms with E-state index in [0.717, 1.165) is 18.8 Å². The van der Waals surface area contributed by atoms with Gasteiger partial charge in [0, 0.05) is 12.6 Å². The average molecular weight is 337 g/mol. The van der Waals surface area contributed by atoms with E-state index in [1.807, 2.05) is 19.1 Å². The van der Waals surface area contributed by atoms with Crippen LogP contribution in [-0.4, -0.2) is 34.8 Å². The van der Waals surface area contributed by atoms with E-state index in [2.05, 4.69) is 39.4 Å². The lowest BCUT2D eigenvalue weighted by Gasteiger charge is -2.35. The number of rotatable bonds is 6. The highest BCUT2D eigenvalue weighted by Crippen LogP contribution is 2.41. The normalized spacial score (nSPS) is 23.4. The predicted octanol–water partition coefficient (Wildman–Crippen LogP) is 3.95. The first kappa shape index (κ1) is 16.5. The molecule has 2 aliphatic rings. The minimum absolute atomic E-state index is 0.636. The van der Waals surface area contributed by atoms with Gasteiger partial charge in [0.1, 0.15) is 0 Å². The highest BCUT2D eigenvalue weighted by atomic mass is 16.5. The zero-order chi connectivity index (χ0) is 17.1. The van der Waals surface area contributed by atoms with Crippen molar-refractivity contribution in [2.45, 2.75) is 45.1 Å². The van der Waals surface area contributed by atoms with E-state index in [-0.39, 0.29) is 0 Å². The second kappa shape index (κ2) is 7.52. The van der Waals surface area contributed by atoms with Crippen LogP contribution in [-0.2, 0) is 6.54 Å². The molecule has 1 aliphatic carbocycles. The van der Waals surface area contributed by atoms with Gasteiger partial charge in [-0.3, -0.25) is 4.90 Å². The van der Waals surface area contributed by atoms with Crippen molar-refractivity contribution in [3.8, 4) is 5.88 Å². The highest BCUT2D eigenvalue weighted by Gasteiger charge is 2.30.